The normalized spacial score (nSPS) is 8.08. The minimum Gasteiger partial charge on any atom is -0.477 e. The molecule has 0 fully saturated rings. The molecular formula is C7H10Cl2N2O2. The first kappa shape index (κ1) is 14.7. The third-order valence-electron chi connectivity index (χ3n) is 1.24. The molecule has 0 spiro atoms. The zero-order valence-electron chi connectivity index (χ0n) is 6.64. The Labute approximate surface area is 88.0 Å². The van der Waals surface area contributed by atoms with Crippen molar-refractivity contribution in [2.75, 3.05) is 0 Å². The van der Waals surface area contributed by atoms with E-state index in [9.17, 15) is 4.79 Å². The van der Waals surface area contributed by atoms with Crippen LogP contribution >= 0.6 is 24.8 Å². The van der Waals surface area contributed by atoms with Crippen molar-refractivity contribution in [1.29, 1.82) is 0 Å². The Morgan fingerprint density at radius 1 is 1.46 bits per heavy atom. The third kappa shape index (κ3) is 4.07. The second-order valence-corrected chi connectivity index (χ2v) is 2.02. The molecule has 4 nitrogen and oxygen atoms in total. The van der Waals surface area contributed by atoms with Crippen molar-refractivity contribution < 1.29 is 9.90 Å². The summed E-state index contributed by atoms with van der Waals surface area (Å²) in [6.45, 7) is 0.265. The summed E-state index contributed by atoms with van der Waals surface area (Å²) >= 11 is 0. The Morgan fingerprint density at radius 2 is 2.08 bits per heavy atom. The van der Waals surface area contributed by atoms with Gasteiger partial charge in [0, 0.05) is 6.54 Å². The highest BCUT2D eigenvalue weighted by atomic mass is 35.5. The number of hydrogen-bond acceptors (Lipinski definition) is 3. The number of carbonyl (C=O) groups is 1. The Hall–Kier alpha value is -0.840. The number of hydrogen-bond donors (Lipinski definition) is 2. The highest BCUT2D eigenvalue weighted by Crippen LogP contribution is 1.97. The van der Waals surface area contributed by atoms with E-state index in [4.69, 9.17) is 10.8 Å². The highest BCUT2D eigenvalue weighted by Gasteiger charge is 2.02. The van der Waals surface area contributed by atoms with Gasteiger partial charge in [-0.2, -0.15) is 0 Å². The predicted molar refractivity (Wildman–Crippen MR) is 53.6 cm³/mol. The van der Waals surface area contributed by atoms with Gasteiger partial charge in [-0.3, -0.25) is 0 Å². The van der Waals surface area contributed by atoms with E-state index in [-0.39, 0.29) is 37.1 Å². The number of aromatic carboxylic acids is 1. The van der Waals surface area contributed by atoms with Crippen LogP contribution in [0.4, 0.5) is 0 Å². The number of nitrogens with two attached hydrogens (primary N) is 1. The molecule has 0 atom stereocenters. The van der Waals surface area contributed by atoms with Gasteiger partial charge in [-0.1, -0.05) is 6.07 Å². The topological polar surface area (TPSA) is 76.2 Å². The van der Waals surface area contributed by atoms with Gasteiger partial charge < -0.3 is 10.8 Å². The molecule has 0 saturated carbocycles. The molecule has 1 rings (SSSR count). The zero-order chi connectivity index (χ0) is 8.27. The lowest BCUT2D eigenvalue weighted by atomic mass is 10.3. The predicted octanol–water partition coefficient (Wildman–Crippen LogP) is 1.08. The summed E-state index contributed by atoms with van der Waals surface area (Å²) in [4.78, 5) is 14.1. The number of nitrogens with zero attached hydrogens (tertiary/aromatic N) is 1. The fourth-order valence-corrected chi connectivity index (χ4v) is 0.712. The summed E-state index contributed by atoms with van der Waals surface area (Å²) in [6.07, 6.45) is 0. The van der Waals surface area contributed by atoms with Crippen LogP contribution in [0.2, 0.25) is 0 Å². The van der Waals surface area contributed by atoms with Crippen LogP contribution in [0.15, 0.2) is 18.2 Å². The fraction of sp³-hybridized carbons (Fsp3) is 0.143. The number of halogens is 2. The SMILES string of the molecule is Cl.Cl.NCc1cccc(C(=O)O)n1. The van der Waals surface area contributed by atoms with Gasteiger partial charge in [-0.05, 0) is 12.1 Å². The summed E-state index contributed by atoms with van der Waals surface area (Å²) < 4.78 is 0. The van der Waals surface area contributed by atoms with Crippen molar-refractivity contribution in [1.82, 2.24) is 4.98 Å². The summed E-state index contributed by atoms with van der Waals surface area (Å²) in [7, 11) is 0. The number of carboxylic acids is 1. The van der Waals surface area contributed by atoms with Crippen molar-refractivity contribution in [3.8, 4) is 0 Å². The molecule has 1 aromatic heterocycles. The first-order valence-corrected chi connectivity index (χ1v) is 3.13. The van der Waals surface area contributed by atoms with Crippen LogP contribution in [0.1, 0.15) is 16.2 Å². The van der Waals surface area contributed by atoms with Crippen molar-refractivity contribution >= 4 is 30.8 Å². The van der Waals surface area contributed by atoms with Crippen molar-refractivity contribution in [3.63, 3.8) is 0 Å². The largest absolute Gasteiger partial charge is 0.477 e. The molecule has 74 valence electrons. The van der Waals surface area contributed by atoms with Gasteiger partial charge in [-0.15, -0.1) is 24.8 Å². The zero-order valence-corrected chi connectivity index (χ0v) is 8.27. The standard InChI is InChI=1S/C7H8N2O2.2ClH/c8-4-5-2-1-3-6(9-5)7(10)11;;/h1-3H,4,8H2,(H,10,11);2*1H. The number of carboxylic acid groups (broad SMARTS) is 1. The second kappa shape index (κ2) is 6.65. The second-order valence-electron chi connectivity index (χ2n) is 2.02. The van der Waals surface area contributed by atoms with Crippen LogP contribution in [0.25, 0.3) is 0 Å². The Bertz CT molecular complexity index is 281. The van der Waals surface area contributed by atoms with E-state index in [1.54, 1.807) is 12.1 Å². The molecule has 1 aromatic rings. The minimum absolute atomic E-state index is 0. The van der Waals surface area contributed by atoms with Gasteiger partial charge >= 0.3 is 5.97 Å². The molecular weight excluding hydrogens is 215 g/mol. The first-order valence-electron chi connectivity index (χ1n) is 3.13. The lowest BCUT2D eigenvalue weighted by Gasteiger charge is -1.96. The van der Waals surface area contributed by atoms with E-state index in [0.29, 0.717) is 5.69 Å². The van der Waals surface area contributed by atoms with E-state index >= 15 is 0 Å². The molecule has 0 radical (unpaired) electrons. The minimum atomic E-state index is -1.03. The molecule has 0 saturated heterocycles. The monoisotopic (exact) mass is 224 g/mol. The van der Waals surface area contributed by atoms with Crippen LogP contribution in [-0.4, -0.2) is 16.1 Å². The van der Waals surface area contributed by atoms with Crippen molar-refractivity contribution in [3.05, 3.63) is 29.6 Å². The average molecular weight is 225 g/mol. The Balaban J connectivity index is 0. The molecule has 0 amide bonds. The van der Waals surface area contributed by atoms with Gasteiger partial charge in [0.25, 0.3) is 0 Å². The molecule has 1 heterocycles. The summed E-state index contributed by atoms with van der Waals surface area (Å²) in [6, 6.07) is 4.74. The molecule has 0 aromatic carbocycles. The molecule has 13 heavy (non-hydrogen) atoms. The number of rotatable bonds is 2. The third-order valence-corrected chi connectivity index (χ3v) is 1.24. The smallest absolute Gasteiger partial charge is 0.354 e. The van der Waals surface area contributed by atoms with Crippen LogP contribution in [0.3, 0.4) is 0 Å². The van der Waals surface area contributed by atoms with E-state index in [1.807, 2.05) is 0 Å². The molecule has 0 aliphatic heterocycles. The Morgan fingerprint density at radius 3 is 2.54 bits per heavy atom. The maximum absolute atomic E-state index is 10.4. The lowest BCUT2D eigenvalue weighted by molar-refractivity contribution is 0.0690. The highest BCUT2D eigenvalue weighted by molar-refractivity contribution is 5.86. The van der Waals surface area contributed by atoms with Crippen LogP contribution in [-0.2, 0) is 6.54 Å². The van der Waals surface area contributed by atoms with E-state index in [2.05, 4.69) is 4.98 Å². The van der Waals surface area contributed by atoms with Crippen LogP contribution < -0.4 is 5.73 Å². The molecule has 0 aliphatic carbocycles. The van der Waals surface area contributed by atoms with Gasteiger partial charge in [0.1, 0.15) is 5.69 Å². The van der Waals surface area contributed by atoms with Gasteiger partial charge in [0.2, 0.25) is 0 Å². The molecule has 0 bridgehead atoms. The molecule has 0 aliphatic rings. The fourth-order valence-electron chi connectivity index (χ4n) is 0.712. The Kier molecular flexibility index (Phi) is 7.51. The first-order chi connectivity index (χ1) is 5.24. The average Bonchev–Trinajstić information content (AvgIpc) is 2.05. The number of aromatic nitrogens is 1. The van der Waals surface area contributed by atoms with Crippen molar-refractivity contribution in [2.24, 2.45) is 5.73 Å². The quantitative estimate of drug-likeness (QED) is 0.789. The van der Waals surface area contributed by atoms with Crippen LogP contribution in [0.5, 0.6) is 0 Å². The van der Waals surface area contributed by atoms with Crippen molar-refractivity contribution in [2.45, 2.75) is 6.54 Å². The van der Waals surface area contributed by atoms with Gasteiger partial charge in [-0.25, -0.2) is 9.78 Å². The summed E-state index contributed by atoms with van der Waals surface area (Å²) in [5, 5.41) is 8.50. The van der Waals surface area contributed by atoms with Gasteiger partial charge in [0.05, 0.1) is 5.69 Å². The molecule has 6 heteroatoms. The van der Waals surface area contributed by atoms with Gasteiger partial charge in [0.15, 0.2) is 0 Å². The summed E-state index contributed by atoms with van der Waals surface area (Å²) in [5.74, 6) is -1.03. The maximum Gasteiger partial charge on any atom is 0.354 e. The van der Waals surface area contributed by atoms with E-state index in [0.717, 1.165) is 0 Å². The lowest BCUT2D eigenvalue weighted by Crippen LogP contribution is -2.05. The van der Waals surface area contributed by atoms with Crippen LogP contribution in [0, 0.1) is 0 Å². The number of pyridine rings is 1. The summed E-state index contributed by atoms with van der Waals surface area (Å²) in [5.41, 5.74) is 5.89. The van der Waals surface area contributed by atoms with E-state index < -0.39 is 5.97 Å². The maximum atomic E-state index is 10.4. The molecule has 3 N–H and O–H groups in total. The molecule has 0 unspecified atom stereocenters. The van der Waals surface area contributed by atoms with E-state index in [1.165, 1.54) is 6.07 Å².